The number of benzene rings is 2. The van der Waals surface area contributed by atoms with E-state index in [9.17, 15) is 0 Å². The van der Waals surface area contributed by atoms with E-state index >= 15 is 0 Å². The molecule has 0 spiro atoms. The summed E-state index contributed by atoms with van der Waals surface area (Å²) in [5.41, 5.74) is 2.16. The predicted molar refractivity (Wildman–Crippen MR) is 86.1 cm³/mol. The van der Waals surface area contributed by atoms with Gasteiger partial charge in [0.05, 0.1) is 5.69 Å². The van der Waals surface area contributed by atoms with Gasteiger partial charge < -0.3 is 4.74 Å². The molecule has 4 heteroatoms. The number of hydrogen-bond donors (Lipinski definition) is 0. The van der Waals surface area contributed by atoms with Crippen molar-refractivity contribution in [3.63, 3.8) is 0 Å². The van der Waals surface area contributed by atoms with Crippen molar-refractivity contribution in [3.8, 4) is 0 Å². The van der Waals surface area contributed by atoms with Crippen LogP contribution in [-0.2, 0) is 10.3 Å². The molecule has 0 unspecified atom stereocenters. The quantitative estimate of drug-likeness (QED) is 0.701. The van der Waals surface area contributed by atoms with Crippen LogP contribution in [0.25, 0.3) is 0 Å². The minimum absolute atomic E-state index is 0.356. The number of halogens is 2. The highest BCUT2D eigenvalue weighted by Gasteiger charge is 2.41. The Bertz CT molecular complexity index is 657. The van der Waals surface area contributed by atoms with Crippen molar-refractivity contribution in [2.24, 2.45) is 4.99 Å². The number of aliphatic imine (C=N–C) groups is 1. The summed E-state index contributed by atoms with van der Waals surface area (Å²) in [6.45, 7) is 1.97. The summed E-state index contributed by atoms with van der Waals surface area (Å²) in [6.07, 6.45) is 0. The lowest BCUT2D eigenvalue weighted by atomic mass is 9.94. The number of fused-ring (bicyclic) bond motifs is 1. The molecule has 1 heterocycles. The highest BCUT2D eigenvalue weighted by Crippen LogP contribution is 2.44. The fraction of sp³-hybridized carbons (Fsp3) is 0.188. The molecular weight excluding hydrogens is 338 g/mol. The topological polar surface area (TPSA) is 21.6 Å². The van der Waals surface area contributed by atoms with Crippen LogP contribution in [0.4, 0.5) is 5.69 Å². The Kier molecular flexibility index (Phi) is 3.57. The predicted octanol–water partition coefficient (Wildman–Crippen LogP) is 4.97. The first kappa shape index (κ1) is 13.7. The molecule has 0 fully saturated rings. The molecule has 1 aliphatic rings. The van der Waals surface area contributed by atoms with E-state index in [1.807, 2.05) is 61.5 Å². The van der Waals surface area contributed by atoms with E-state index in [0.29, 0.717) is 5.90 Å². The van der Waals surface area contributed by atoms with Crippen molar-refractivity contribution in [2.45, 2.75) is 16.8 Å². The lowest BCUT2D eigenvalue weighted by molar-refractivity contribution is 0.0882. The van der Waals surface area contributed by atoms with Gasteiger partial charge in [-0.15, -0.1) is 11.6 Å². The molecule has 102 valence electrons. The molecule has 0 amide bonds. The fourth-order valence-electron chi connectivity index (χ4n) is 2.25. The maximum atomic E-state index is 6.31. The Morgan fingerprint density at radius 2 is 1.75 bits per heavy atom. The minimum Gasteiger partial charge on any atom is -0.463 e. The molecule has 0 aromatic heterocycles. The number of para-hydroxylation sites is 1. The summed E-state index contributed by atoms with van der Waals surface area (Å²) in [4.78, 5) is 4.61. The third-order valence-corrected chi connectivity index (χ3v) is 4.70. The standard InChI is InChI=1S/C16H13BrClNO/c1-16(15(17)18)12-9-5-6-10-13(12)19-14(20-16)11-7-3-2-4-8-11/h2-10,15H,1H3/t15-,16+/m0/s1. The molecule has 0 saturated heterocycles. The molecule has 2 aromatic carbocycles. The Hall–Kier alpha value is -1.32. The van der Waals surface area contributed by atoms with E-state index in [4.69, 9.17) is 16.3 Å². The van der Waals surface area contributed by atoms with Crippen molar-refractivity contribution >= 4 is 39.1 Å². The molecule has 0 saturated carbocycles. The van der Waals surface area contributed by atoms with Gasteiger partial charge in [0.2, 0.25) is 5.90 Å². The van der Waals surface area contributed by atoms with Crippen molar-refractivity contribution in [1.29, 1.82) is 0 Å². The van der Waals surface area contributed by atoms with Crippen molar-refractivity contribution in [1.82, 2.24) is 0 Å². The summed E-state index contributed by atoms with van der Waals surface area (Å²) in [5.74, 6) is 0.594. The average molecular weight is 351 g/mol. The van der Waals surface area contributed by atoms with Gasteiger partial charge in [0.15, 0.2) is 5.60 Å². The fourth-order valence-corrected chi connectivity index (χ4v) is 2.75. The van der Waals surface area contributed by atoms with Crippen LogP contribution in [-0.4, -0.2) is 10.2 Å². The molecule has 0 radical (unpaired) electrons. The van der Waals surface area contributed by atoms with Gasteiger partial charge >= 0.3 is 0 Å². The van der Waals surface area contributed by atoms with Crippen LogP contribution >= 0.6 is 27.5 Å². The van der Waals surface area contributed by atoms with Crippen molar-refractivity contribution < 1.29 is 4.74 Å². The van der Waals surface area contributed by atoms with E-state index in [-0.39, 0.29) is 4.29 Å². The van der Waals surface area contributed by atoms with E-state index in [1.54, 1.807) is 0 Å². The van der Waals surface area contributed by atoms with Crippen molar-refractivity contribution in [2.75, 3.05) is 0 Å². The lowest BCUT2D eigenvalue weighted by Crippen LogP contribution is -2.37. The number of hydrogen-bond acceptors (Lipinski definition) is 2. The highest BCUT2D eigenvalue weighted by atomic mass is 79.9. The van der Waals surface area contributed by atoms with Crippen LogP contribution in [0.1, 0.15) is 18.1 Å². The molecular formula is C16H13BrClNO. The van der Waals surface area contributed by atoms with Crippen LogP contribution in [0, 0.1) is 0 Å². The van der Waals surface area contributed by atoms with Crippen LogP contribution in [0.2, 0.25) is 0 Å². The summed E-state index contributed by atoms with van der Waals surface area (Å²) < 4.78 is 5.76. The molecule has 2 atom stereocenters. The summed E-state index contributed by atoms with van der Waals surface area (Å²) >= 11 is 9.76. The molecule has 0 aliphatic carbocycles. The first-order valence-electron chi connectivity index (χ1n) is 6.32. The Labute approximate surface area is 131 Å². The zero-order valence-corrected chi connectivity index (χ0v) is 13.2. The molecule has 2 aromatic rings. The molecule has 2 nitrogen and oxygen atoms in total. The van der Waals surface area contributed by atoms with Gasteiger partial charge in [-0.3, -0.25) is 0 Å². The highest BCUT2D eigenvalue weighted by molar-refractivity contribution is 9.10. The van der Waals surface area contributed by atoms with Crippen LogP contribution in [0.15, 0.2) is 59.6 Å². The third kappa shape index (κ3) is 2.25. The molecule has 20 heavy (non-hydrogen) atoms. The van der Waals surface area contributed by atoms with Gasteiger partial charge in [0, 0.05) is 11.1 Å². The number of rotatable bonds is 2. The lowest BCUT2D eigenvalue weighted by Gasteiger charge is -2.36. The van der Waals surface area contributed by atoms with E-state index in [0.717, 1.165) is 16.8 Å². The second-order valence-electron chi connectivity index (χ2n) is 4.81. The SMILES string of the molecule is C[C@@]1([C@H](Cl)Br)OC(c2ccccc2)=Nc2ccccc21. The minimum atomic E-state index is -0.662. The maximum absolute atomic E-state index is 6.31. The van der Waals surface area contributed by atoms with Crippen LogP contribution < -0.4 is 0 Å². The first-order chi connectivity index (χ1) is 9.61. The normalized spacial score (nSPS) is 22.4. The van der Waals surface area contributed by atoms with Crippen LogP contribution in [0.3, 0.4) is 0 Å². The summed E-state index contributed by atoms with van der Waals surface area (Å²) in [6, 6.07) is 17.8. The van der Waals surface area contributed by atoms with Gasteiger partial charge in [0.25, 0.3) is 0 Å². The Morgan fingerprint density at radius 1 is 1.10 bits per heavy atom. The smallest absolute Gasteiger partial charge is 0.222 e. The number of nitrogens with zero attached hydrogens (tertiary/aromatic N) is 1. The zero-order chi connectivity index (χ0) is 14.2. The first-order valence-corrected chi connectivity index (χ1v) is 7.67. The maximum Gasteiger partial charge on any atom is 0.222 e. The molecule has 0 bridgehead atoms. The second kappa shape index (κ2) is 5.23. The van der Waals surface area contributed by atoms with E-state index in [1.165, 1.54) is 0 Å². The molecule has 0 N–H and O–H groups in total. The van der Waals surface area contributed by atoms with Gasteiger partial charge in [-0.2, -0.15) is 0 Å². The molecule has 3 rings (SSSR count). The second-order valence-corrected chi connectivity index (χ2v) is 6.69. The van der Waals surface area contributed by atoms with Gasteiger partial charge in [0.1, 0.15) is 4.29 Å². The van der Waals surface area contributed by atoms with Gasteiger partial charge in [-0.1, -0.05) is 52.3 Å². The van der Waals surface area contributed by atoms with Gasteiger partial charge in [-0.05, 0) is 25.1 Å². The van der Waals surface area contributed by atoms with E-state index < -0.39 is 5.60 Å². The van der Waals surface area contributed by atoms with Crippen LogP contribution in [0.5, 0.6) is 0 Å². The van der Waals surface area contributed by atoms with Crippen molar-refractivity contribution in [3.05, 3.63) is 65.7 Å². The summed E-state index contributed by atoms with van der Waals surface area (Å²) in [7, 11) is 0. The largest absolute Gasteiger partial charge is 0.463 e. The number of alkyl halides is 2. The Morgan fingerprint density at radius 3 is 2.45 bits per heavy atom. The zero-order valence-electron chi connectivity index (χ0n) is 10.9. The Balaban J connectivity index is 2.15. The third-order valence-electron chi connectivity index (χ3n) is 3.41. The molecule has 1 aliphatic heterocycles. The summed E-state index contributed by atoms with van der Waals surface area (Å²) in [5, 5.41) is 0. The number of ether oxygens (including phenoxy) is 1. The van der Waals surface area contributed by atoms with E-state index in [2.05, 4.69) is 20.9 Å². The van der Waals surface area contributed by atoms with Gasteiger partial charge in [-0.25, -0.2) is 4.99 Å². The monoisotopic (exact) mass is 349 g/mol. The average Bonchev–Trinajstić information content (AvgIpc) is 2.48.